The molecule has 3 aromatic rings. The molecule has 0 saturated carbocycles. The zero-order chi connectivity index (χ0) is 20.8. The predicted octanol–water partition coefficient (Wildman–Crippen LogP) is 4.38. The average Bonchev–Trinajstić information content (AvgIpc) is 2.99. The molecule has 0 atom stereocenters. The summed E-state index contributed by atoms with van der Waals surface area (Å²) in [6.45, 7) is 1.44. The summed E-state index contributed by atoms with van der Waals surface area (Å²) in [6, 6.07) is 10.4. The number of benzene rings is 2. The normalized spacial score (nSPS) is 14.8. The maximum absolute atomic E-state index is 13.3. The van der Waals surface area contributed by atoms with E-state index in [1.165, 1.54) is 17.8 Å². The van der Waals surface area contributed by atoms with E-state index in [4.69, 9.17) is 5.21 Å². The Labute approximate surface area is 169 Å². The predicted molar refractivity (Wildman–Crippen MR) is 103 cm³/mol. The van der Waals surface area contributed by atoms with Gasteiger partial charge in [0, 0.05) is 39.4 Å². The molecule has 9 heteroatoms. The fourth-order valence-electron chi connectivity index (χ4n) is 3.54. The van der Waals surface area contributed by atoms with E-state index >= 15 is 0 Å². The first kappa shape index (κ1) is 19.8. The number of nitrogens with one attached hydrogen (secondary N) is 1. The number of hydroxylamine groups is 1. The van der Waals surface area contributed by atoms with Crippen molar-refractivity contribution in [1.29, 1.82) is 0 Å². The highest BCUT2D eigenvalue weighted by molar-refractivity contribution is 7.99. The van der Waals surface area contributed by atoms with Gasteiger partial charge in [0.25, 0.3) is 5.91 Å². The monoisotopic (exact) mass is 421 g/mol. The third-order valence-electron chi connectivity index (χ3n) is 5.00. The molecule has 0 saturated heterocycles. The van der Waals surface area contributed by atoms with Crippen LogP contribution in [0, 0.1) is 0 Å². The van der Waals surface area contributed by atoms with E-state index < -0.39 is 17.6 Å². The molecule has 2 aromatic carbocycles. The summed E-state index contributed by atoms with van der Waals surface area (Å²) in [5.74, 6) is -0.619. The molecule has 152 valence electrons. The summed E-state index contributed by atoms with van der Waals surface area (Å²) in [5.41, 5.74) is 2.99. The highest BCUT2D eigenvalue weighted by Crippen LogP contribution is 2.42. The number of fused-ring (bicyclic) bond motifs is 3. The molecular weight excluding hydrogens is 403 g/mol. The van der Waals surface area contributed by atoms with Crippen LogP contribution in [-0.2, 0) is 19.3 Å². The van der Waals surface area contributed by atoms with Gasteiger partial charge in [0.05, 0.1) is 17.7 Å². The van der Waals surface area contributed by atoms with Gasteiger partial charge < -0.3 is 4.57 Å². The minimum atomic E-state index is -4.41. The Balaban J connectivity index is 1.80. The number of rotatable bonds is 3. The van der Waals surface area contributed by atoms with Crippen LogP contribution in [0.4, 0.5) is 13.2 Å². The van der Waals surface area contributed by atoms with Gasteiger partial charge in [0.15, 0.2) is 0 Å². The second kappa shape index (κ2) is 7.40. The molecule has 5 nitrogen and oxygen atoms in total. The molecule has 0 aliphatic carbocycles. The van der Waals surface area contributed by atoms with Gasteiger partial charge in [0.1, 0.15) is 0 Å². The van der Waals surface area contributed by atoms with E-state index in [0.29, 0.717) is 17.6 Å². The number of hydrogen-bond donors (Lipinski definition) is 2. The number of hydrogen-bond acceptors (Lipinski definition) is 4. The van der Waals surface area contributed by atoms with Crippen molar-refractivity contribution in [3.63, 3.8) is 0 Å². The minimum Gasteiger partial charge on any atom is -0.330 e. The second-order valence-electron chi connectivity index (χ2n) is 6.97. The van der Waals surface area contributed by atoms with Crippen LogP contribution in [0.3, 0.4) is 0 Å². The Morgan fingerprint density at radius 1 is 1.17 bits per heavy atom. The van der Waals surface area contributed by atoms with Gasteiger partial charge in [-0.1, -0.05) is 11.8 Å². The lowest BCUT2D eigenvalue weighted by atomic mass is 10.1. The number of likely N-dealkylation sites (N-methyl/N-ethyl adjacent to an activating group) is 1. The number of amides is 1. The van der Waals surface area contributed by atoms with E-state index in [0.717, 1.165) is 40.0 Å². The smallest absolute Gasteiger partial charge is 0.330 e. The number of nitrogens with zero attached hydrogens (tertiary/aromatic N) is 2. The van der Waals surface area contributed by atoms with Gasteiger partial charge in [-0.05, 0) is 49.5 Å². The quantitative estimate of drug-likeness (QED) is 0.487. The zero-order valence-corrected chi connectivity index (χ0v) is 16.3. The summed E-state index contributed by atoms with van der Waals surface area (Å²) in [5, 5.41) is 9.30. The van der Waals surface area contributed by atoms with Crippen molar-refractivity contribution in [2.45, 2.75) is 29.1 Å². The van der Waals surface area contributed by atoms with E-state index in [9.17, 15) is 18.0 Å². The first-order chi connectivity index (χ1) is 13.8. The molecule has 1 aliphatic heterocycles. The maximum Gasteiger partial charge on any atom is 0.416 e. The molecule has 1 aromatic heterocycles. The maximum atomic E-state index is 13.3. The lowest BCUT2D eigenvalue weighted by Gasteiger charge is -2.26. The molecule has 0 bridgehead atoms. The Hall–Kier alpha value is -2.49. The number of halogens is 3. The molecule has 2 N–H and O–H groups in total. The van der Waals surface area contributed by atoms with Crippen molar-refractivity contribution in [2.75, 3.05) is 13.6 Å². The first-order valence-electron chi connectivity index (χ1n) is 8.91. The fourth-order valence-corrected chi connectivity index (χ4v) is 4.65. The fraction of sp³-hybridized carbons (Fsp3) is 0.250. The Bertz CT molecular complexity index is 1080. The van der Waals surface area contributed by atoms with Crippen molar-refractivity contribution in [3.8, 4) is 0 Å². The van der Waals surface area contributed by atoms with E-state index in [-0.39, 0.29) is 0 Å². The third kappa shape index (κ3) is 3.73. The summed E-state index contributed by atoms with van der Waals surface area (Å²) in [4.78, 5) is 15.2. The van der Waals surface area contributed by atoms with Crippen LogP contribution in [0.1, 0.15) is 21.6 Å². The molecule has 1 aliphatic rings. The van der Waals surface area contributed by atoms with Gasteiger partial charge in [-0.3, -0.25) is 14.9 Å². The highest BCUT2D eigenvalue weighted by atomic mass is 32.2. The molecular formula is C20H18F3N3O2S. The number of carbonyl (C=O) groups is 1. The van der Waals surface area contributed by atoms with E-state index in [2.05, 4.69) is 9.47 Å². The summed E-state index contributed by atoms with van der Waals surface area (Å²) < 4.78 is 41.9. The van der Waals surface area contributed by atoms with Gasteiger partial charge in [-0.25, -0.2) is 5.48 Å². The van der Waals surface area contributed by atoms with Gasteiger partial charge in [-0.2, -0.15) is 13.2 Å². The van der Waals surface area contributed by atoms with Crippen LogP contribution in [0.25, 0.3) is 10.9 Å². The zero-order valence-electron chi connectivity index (χ0n) is 15.5. The van der Waals surface area contributed by atoms with Crippen molar-refractivity contribution in [2.24, 2.45) is 0 Å². The summed E-state index contributed by atoms with van der Waals surface area (Å²) in [6.07, 6.45) is -3.67. The first-order valence-corrected chi connectivity index (χ1v) is 9.73. The van der Waals surface area contributed by atoms with Crippen LogP contribution in [0.15, 0.2) is 52.3 Å². The van der Waals surface area contributed by atoms with Crippen LogP contribution in [0.5, 0.6) is 0 Å². The van der Waals surface area contributed by atoms with Crippen LogP contribution in [-0.4, -0.2) is 34.2 Å². The van der Waals surface area contributed by atoms with Gasteiger partial charge >= 0.3 is 6.18 Å². The minimum absolute atomic E-state index is 0.293. The lowest BCUT2D eigenvalue weighted by Crippen LogP contribution is -2.30. The number of carbonyl (C=O) groups excluding carboxylic acids is 1. The molecule has 0 radical (unpaired) electrons. The lowest BCUT2D eigenvalue weighted by molar-refractivity contribution is -0.137. The topological polar surface area (TPSA) is 57.5 Å². The van der Waals surface area contributed by atoms with Crippen molar-refractivity contribution >= 4 is 28.6 Å². The van der Waals surface area contributed by atoms with E-state index in [1.54, 1.807) is 35.8 Å². The van der Waals surface area contributed by atoms with Gasteiger partial charge in [0.2, 0.25) is 0 Å². The molecule has 4 rings (SSSR count). The van der Waals surface area contributed by atoms with Crippen LogP contribution < -0.4 is 5.48 Å². The van der Waals surface area contributed by atoms with Crippen molar-refractivity contribution in [1.82, 2.24) is 14.9 Å². The molecule has 29 heavy (non-hydrogen) atoms. The third-order valence-corrected chi connectivity index (χ3v) is 6.17. The Kier molecular flexibility index (Phi) is 5.05. The highest BCUT2D eigenvalue weighted by Gasteiger charge is 2.32. The molecule has 0 fully saturated rings. The summed E-state index contributed by atoms with van der Waals surface area (Å²) in [7, 11) is 1.98. The Morgan fingerprint density at radius 2 is 1.90 bits per heavy atom. The largest absolute Gasteiger partial charge is 0.416 e. The van der Waals surface area contributed by atoms with E-state index in [1.807, 2.05) is 7.05 Å². The van der Waals surface area contributed by atoms with Crippen LogP contribution in [0.2, 0.25) is 0 Å². The van der Waals surface area contributed by atoms with Crippen molar-refractivity contribution in [3.05, 3.63) is 59.3 Å². The number of aromatic nitrogens is 1. The standard InChI is InChI=1S/C20H18F3N3O2S/c1-25-9-8-17-18(29-14-5-2-12(3-6-14)19(27)24-28)15-10-13(20(21,22)23)4-7-16(15)26(17)11-25/h2-7,10,28H,8-9,11H2,1H3,(H,24,27). The molecule has 0 spiro atoms. The second-order valence-corrected chi connectivity index (χ2v) is 8.06. The SMILES string of the molecule is CN1CCc2c(Sc3ccc(C(=O)NO)cc3)c3cc(C(F)(F)F)ccc3n2C1. The van der Waals surface area contributed by atoms with Crippen molar-refractivity contribution < 1.29 is 23.2 Å². The van der Waals surface area contributed by atoms with Gasteiger partial charge in [-0.15, -0.1) is 0 Å². The number of alkyl halides is 3. The van der Waals surface area contributed by atoms with Crippen LogP contribution >= 0.6 is 11.8 Å². The average molecular weight is 421 g/mol. The molecule has 0 unspecified atom stereocenters. The molecule has 2 heterocycles. The summed E-state index contributed by atoms with van der Waals surface area (Å²) >= 11 is 1.39. The molecule has 1 amide bonds. The Morgan fingerprint density at radius 3 is 2.55 bits per heavy atom.